The van der Waals surface area contributed by atoms with Gasteiger partial charge in [-0.3, -0.25) is 0 Å². The predicted octanol–water partition coefficient (Wildman–Crippen LogP) is 3.33. The molecule has 0 N–H and O–H groups in total. The third-order valence-corrected chi connectivity index (χ3v) is 2.17. The molecule has 0 bridgehead atoms. The minimum absolute atomic E-state index is 0.157. The van der Waals surface area contributed by atoms with Gasteiger partial charge in [-0.1, -0.05) is 19.9 Å². The SMILES string of the molecule is CC(C)Sc1cccc(F)c1. The number of hydrogen-bond donors (Lipinski definition) is 0. The lowest BCUT2D eigenvalue weighted by Gasteiger charge is -2.03. The molecule has 0 amide bonds. The van der Waals surface area contributed by atoms with Crippen molar-refractivity contribution in [3.05, 3.63) is 30.1 Å². The van der Waals surface area contributed by atoms with Crippen LogP contribution >= 0.6 is 11.8 Å². The minimum Gasteiger partial charge on any atom is -0.207 e. The van der Waals surface area contributed by atoms with Crippen LogP contribution in [0.1, 0.15) is 13.8 Å². The largest absolute Gasteiger partial charge is 0.207 e. The monoisotopic (exact) mass is 170 g/mol. The van der Waals surface area contributed by atoms with Gasteiger partial charge in [-0.2, -0.15) is 0 Å². The molecular formula is C9H11FS. The van der Waals surface area contributed by atoms with E-state index in [4.69, 9.17) is 0 Å². The Kier molecular flexibility index (Phi) is 2.94. The van der Waals surface area contributed by atoms with Gasteiger partial charge in [-0.05, 0) is 18.2 Å². The molecule has 0 saturated carbocycles. The lowest BCUT2D eigenvalue weighted by atomic mass is 10.4. The standard InChI is InChI=1S/C9H11FS/c1-7(2)11-9-5-3-4-8(10)6-9/h3-7H,1-2H3. The third-order valence-electron chi connectivity index (χ3n) is 1.17. The highest BCUT2D eigenvalue weighted by Gasteiger charge is 1.98. The van der Waals surface area contributed by atoms with Crippen LogP contribution < -0.4 is 0 Å². The average Bonchev–Trinajstić information content (AvgIpc) is 1.85. The second-order valence-corrected chi connectivity index (χ2v) is 4.27. The van der Waals surface area contributed by atoms with Crippen LogP contribution in [0, 0.1) is 5.82 Å². The fourth-order valence-corrected chi connectivity index (χ4v) is 1.69. The number of halogens is 1. The zero-order valence-electron chi connectivity index (χ0n) is 6.67. The van der Waals surface area contributed by atoms with Crippen LogP contribution in [0.5, 0.6) is 0 Å². The highest BCUT2D eigenvalue weighted by Crippen LogP contribution is 2.22. The third kappa shape index (κ3) is 2.93. The Morgan fingerprint density at radius 2 is 2.09 bits per heavy atom. The van der Waals surface area contributed by atoms with E-state index in [1.807, 2.05) is 6.07 Å². The molecular weight excluding hydrogens is 159 g/mol. The summed E-state index contributed by atoms with van der Waals surface area (Å²) in [6.07, 6.45) is 0. The molecule has 0 aliphatic carbocycles. The van der Waals surface area contributed by atoms with Crippen molar-refractivity contribution in [2.75, 3.05) is 0 Å². The second kappa shape index (κ2) is 3.77. The highest BCUT2D eigenvalue weighted by molar-refractivity contribution is 7.99. The summed E-state index contributed by atoms with van der Waals surface area (Å²) >= 11 is 1.67. The predicted molar refractivity (Wildman–Crippen MR) is 47.4 cm³/mol. The maximum absolute atomic E-state index is 12.6. The van der Waals surface area contributed by atoms with Crippen molar-refractivity contribution in [2.45, 2.75) is 24.0 Å². The molecule has 0 fully saturated rings. The molecule has 0 aromatic heterocycles. The van der Waals surface area contributed by atoms with Gasteiger partial charge < -0.3 is 0 Å². The Morgan fingerprint density at radius 1 is 1.36 bits per heavy atom. The van der Waals surface area contributed by atoms with Crippen molar-refractivity contribution >= 4 is 11.8 Å². The molecule has 0 heterocycles. The van der Waals surface area contributed by atoms with Gasteiger partial charge in [0.05, 0.1) is 0 Å². The average molecular weight is 170 g/mol. The molecule has 0 radical (unpaired) electrons. The molecule has 0 spiro atoms. The Balaban J connectivity index is 2.71. The van der Waals surface area contributed by atoms with E-state index in [0.29, 0.717) is 5.25 Å². The molecule has 0 aliphatic heterocycles. The van der Waals surface area contributed by atoms with Crippen molar-refractivity contribution in [3.63, 3.8) is 0 Å². The zero-order chi connectivity index (χ0) is 8.27. The number of thioether (sulfide) groups is 1. The topological polar surface area (TPSA) is 0 Å². The van der Waals surface area contributed by atoms with E-state index in [2.05, 4.69) is 13.8 Å². The van der Waals surface area contributed by atoms with E-state index >= 15 is 0 Å². The number of hydrogen-bond acceptors (Lipinski definition) is 1. The van der Waals surface area contributed by atoms with Gasteiger partial charge in [-0.25, -0.2) is 4.39 Å². The molecule has 0 nitrogen and oxygen atoms in total. The minimum atomic E-state index is -0.157. The van der Waals surface area contributed by atoms with Crippen LogP contribution in [0.25, 0.3) is 0 Å². The van der Waals surface area contributed by atoms with Crippen molar-refractivity contribution in [3.8, 4) is 0 Å². The van der Waals surface area contributed by atoms with Crippen LogP contribution in [0.4, 0.5) is 4.39 Å². The fraction of sp³-hybridized carbons (Fsp3) is 0.333. The lowest BCUT2D eigenvalue weighted by molar-refractivity contribution is 0.624. The van der Waals surface area contributed by atoms with E-state index < -0.39 is 0 Å². The van der Waals surface area contributed by atoms with Gasteiger partial charge in [-0.15, -0.1) is 11.8 Å². The first-order chi connectivity index (χ1) is 5.18. The van der Waals surface area contributed by atoms with Crippen LogP contribution in [-0.2, 0) is 0 Å². The Morgan fingerprint density at radius 3 is 2.64 bits per heavy atom. The van der Waals surface area contributed by atoms with Crippen molar-refractivity contribution < 1.29 is 4.39 Å². The molecule has 60 valence electrons. The van der Waals surface area contributed by atoms with E-state index in [1.54, 1.807) is 23.9 Å². The lowest BCUT2D eigenvalue weighted by Crippen LogP contribution is -1.85. The maximum atomic E-state index is 12.6. The van der Waals surface area contributed by atoms with Gasteiger partial charge in [0.15, 0.2) is 0 Å². The van der Waals surface area contributed by atoms with Gasteiger partial charge in [0, 0.05) is 10.1 Å². The Bertz CT molecular complexity index is 233. The van der Waals surface area contributed by atoms with Gasteiger partial charge >= 0.3 is 0 Å². The van der Waals surface area contributed by atoms with Crippen molar-refractivity contribution in [2.24, 2.45) is 0 Å². The smallest absolute Gasteiger partial charge is 0.124 e. The number of rotatable bonds is 2. The molecule has 1 aromatic rings. The van der Waals surface area contributed by atoms with Gasteiger partial charge in [0.1, 0.15) is 5.82 Å². The summed E-state index contributed by atoms with van der Waals surface area (Å²) in [5, 5.41) is 0.511. The summed E-state index contributed by atoms with van der Waals surface area (Å²) in [6, 6.07) is 6.68. The van der Waals surface area contributed by atoms with Crippen LogP contribution in [-0.4, -0.2) is 5.25 Å². The molecule has 0 unspecified atom stereocenters. The van der Waals surface area contributed by atoms with Gasteiger partial charge in [0.2, 0.25) is 0 Å². The molecule has 0 atom stereocenters. The summed E-state index contributed by atoms with van der Waals surface area (Å²) in [4.78, 5) is 1.00. The first-order valence-corrected chi connectivity index (χ1v) is 4.48. The van der Waals surface area contributed by atoms with Crippen LogP contribution in [0.2, 0.25) is 0 Å². The first kappa shape index (κ1) is 8.60. The van der Waals surface area contributed by atoms with E-state index in [-0.39, 0.29) is 5.82 Å². The normalized spacial score (nSPS) is 10.5. The highest BCUT2D eigenvalue weighted by atomic mass is 32.2. The summed E-state index contributed by atoms with van der Waals surface area (Å²) in [6.45, 7) is 4.19. The zero-order valence-corrected chi connectivity index (χ0v) is 7.49. The summed E-state index contributed by atoms with van der Waals surface area (Å²) in [5.41, 5.74) is 0. The Hall–Kier alpha value is -0.500. The number of benzene rings is 1. The summed E-state index contributed by atoms with van der Waals surface area (Å²) in [7, 11) is 0. The van der Waals surface area contributed by atoms with E-state index in [9.17, 15) is 4.39 Å². The molecule has 2 heteroatoms. The van der Waals surface area contributed by atoms with E-state index in [1.165, 1.54) is 6.07 Å². The second-order valence-electron chi connectivity index (χ2n) is 2.62. The Labute approximate surface area is 70.8 Å². The van der Waals surface area contributed by atoms with Crippen LogP contribution in [0.3, 0.4) is 0 Å². The quantitative estimate of drug-likeness (QED) is 0.613. The van der Waals surface area contributed by atoms with Gasteiger partial charge in [0.25, 0.3) is 0 Å². The maximum Gasteiger partial charge on any atom is 0.124 e. The fourth-order valence-electron chi connectivity index (χ4n) is 0.812. The summed E-state index contributed by atoms with van der Waals surface area (Å²) < 4.78 is 12.6. The summed E-state index contributed by atoms with van der Waals surface area (Å²) in [5.74, 6) is -0.157. The molecule has 0 aliphatic rings. The van der Waals surface area contributed by atoms with E-state index in [0.717, 1.165) is 4.90 Å². The van der Waals surface area contributed by atoms with Crippen molar-refractivity contribution in [1.82, 2.24) is 0 Å². The molecule has 0 saturated heterocycles. The van der Waals surface area contributed by atoms with Crippen LogP contribution in [0.15, 0.2) is 29.2 Å². The first-order valence-electron chi connectivity index (χ1n) is 3.60. The molecule has 1 aromatic carbocycles. The molecule has 11 heavy (non-hydrogen) atoms. The molecule has 1 rings (SSSR count). The van der Waals surface area contributed by atoms with Crippen molar-refractivity contribution in [1.29, 1.82) is 0 Å².